The van der Waals surface area contributed by atoms with Crippen LogP contribution in [-0.2, 0) is 4.79 Å². The first-order valence-electron chi connectivity index (χ1n) is 12.0. The number of likely N-dealkylation sites (tertiary alicyclic amines) is 1. The van der Waals surface area contributed by atoms with Crippen LogP contribution in [0.1, 0.15) is 54.2 Å². The smallest absolute Gasteiger partial charge is 0.303 e. The number of benzene rings is 1. The summed E-state index contributed by atoms with van der Waals surface area (Å²) in [6, 6.07) is 9.68. The first-order chi connectivity index (χ1) is 16.9. The van der Waals surface area contributed by atoms with Crippen LogP contribution < -0.4 is 4.74 Å². The third kappa shape index (κ3) is 6.21. The number of hydrogen-bond acceptors (Lipinski definition) is 6. The molecule has 6 nitrogen and oxygen atoms in total. The van der Waals surface area contributed by atoms with Crippen LogP contribution in [0.3, 0.4) is 0 Å². The number of aliphatic hydroxyl groups is 1. The average Bonchev–Trinajstić information content (AvgIpc) is 3.36. The fourth-order valence-electron chi connectivity index (χ4n) is 5.06. The van der Waals surface area contributed by atoms with Gasteiger partial charge in [-0.3, -0.25) is 14.7 Å². The summed E-state index contributed by atoms with van der Waals surface area (Å²) in [6.07, 6.45) is 3.94. The third-order valence-corrected chi connectivity index (χ3v) is 7.86. The molecule has 1 atom stereocenters. The predicted octanol–water partition coefficient (Wildman–Crippen LogP) is 5.04. The fraction of sp³-hybridized carbons (Fsp3) is 0.429. The number of fused-ring (bicyclic) bond motifs is 1. The molecule has 0 amide bonds. The molecule has 0 saturated carbocycles. The third-order valence-electron chi connectivity index (χ3n) is 7.08. The van der Waals surface area contributed by atoms with Crippen LogP contribution in [0.5, 0.6) is 5.75 Å². The van der Waals surface area contributed by atoms with Crippen LogP contribution >= 0.6 is 11.3 Å². The normalized spacial score (nSPS) is 16.4. The Kier molecular flexibility index (Phi) is 8.07. The molecule has 0 aliphatic carbocycles. The summed E-state index contributed by atoms with van der Waals surface area (Å²) in [6.45, 7) is 4.27. The SMILES string of the molecule is COc1ccc2ncc(C)c([C@@H](O)CCC3(CC(=O)O)CCN(CC#Cc4cccs4)CC3)c2c1. The Morgan fingerprint density at radius 3 is 2.80 bits per heavy atom. The molecule has 0 spiro atoms. The molecule has 35 heavy (non-hydrogen) atoms. The van der Waals surface area contributed by atoms with E-state index in [1.165, 1.54) is 0 Å². The molecule has 2 aromatic heterocycles. The monoisotopic (exact) mass is 492 g/mol. The van der Waals surface area contributed by atoms with Gasteiger partial charge in [0, 0.05) is 11.6 Å². The zero-order chi connectivity index (χ0) is 24.8. The molecule has 1 aliphatic rings. The minimum absolute atomic E-state index is 0.123. The molecule has 4 rings (SSSR count). The highest BCUT2D eigenvalue weighted by atomic mass is 32.1. The minimum atomic E-state index is -0.777. The topological polar surface area (TPSA) is 82.9 Å². The van der Waals surface area contributed by atoms with Crippen molar-refractivity contribution in [2.45, 2.75) is 45.1 Å². The van der Waals surface area contributed by atoms with E-state index in [-0.39, 0.29) is 11.8 Å². The summed E-state index contributed by atoms with van der Waals surface area (Å²) in [4.78, 5) is 19.6. The molecule has 1 saturated heterocycles. The second-order valence-electron chi connectivity index (χ2n) is 9.42. The van der Waals surface area contributed by atoms with Crippen LogP contribution in [0.2, 0.25) is 0 Å². The number of nitrogens with zero attached hydrogens (tertiary/aromatic N) is 2. The van der Waals surface area contributed by atoms with Crippen molar-refractivity contribution in [1.82, 2.24) is 9.88 Å². The van der Waals surface area contributed by atoms with Gasteiger partial charge in [0.2, 0.25) is 0 Å². The fourth-order valence-corrected chi connectivity index (χ4v) is 5.65. The Bertz CT molecular complexity index is 1220. The molecule has 0 unspecified atom stereocenters. The molecule has 184 valence electrons. The van der Waals surface area contributed by atoms with Crippen LogP contribution in [-0.4, -0.2) is 52.8 Å². The lowest BCUT2D eigenvalue weighted by Crippen LogP contribution is -2.41. The number of methoxy groups -OCH3 is 1. The number of carboxylic acid groups (broad SMARTS) is 1. The van der Waals surface area contributed by atoms with Gasteiger partial charge in [0.25, 0.3) is 0 Å². The molecule has 0 radical (unpaired) electrons. The minimum Gasteiger partial charge on any atom is -0.497 e. The maximum atomic E-state index is 11.8. The Morgan fingerprint density at radius 1 is 1.31 bits per heavy atom. The highest BCUT2D eigenvalue weighted by Crippen LogP contribution is 2.42. The number of piperidine rings is 1. The number of aliphatic hydroxyl groups excluding tert-OH is 1. The first kappa shape index (κ1) is 25.2. The second-order valence-corrected chi connectivity index (χ2v) is 10.4. The van der Waals surface area contributed by atoms with Crippen molar-refractivity contribution in [3.8, 4) is 17.6 Å². The highest BCUT2D eigenvalue weighted by Gasteiger charge is 2.37. The Labute approximate surface area is 210 Å². The number of thiophene rings is 1. The molecule has 7 heteroatoms. The summed E-state index contributed by atoms with van der Waals surface area (Å²) in [5, 5.41) is 23.8. The molecule has 1 fully saturated rings. The first-order valence-corrected chi connectivity index (χ1v) is 12.8. The van der Waals surface area contributed by atoms with E-state index >= 15 is 0 Å². The number of ether oxygens (including phenoxy) is 1. The summed E-state index contributed by atoms with van der Waals surface area (Å²) in [7, 11) is 1.62. The van der Waals surface area contributed by atoms with Gasteiger partial charge in [-0.15, -0.1) is 11.3 Å². The lowest BCUT2D eigenvalue weighted by molar-refractivity contribution is -0.141. The average molecular weight is 493 g/mol. The lowest BCUT2D eigenvalue weighted by Gasteiger charge is -2.41. The molecule has 3 aromatic rings. The van der Waals surface area contributed by atoms with E-state index in [1.807, 2.05) is 42.6 Å². The number of rotatable bonds is 8. The van der Waals surface area contributed by atoms with Crippen LogP contribution in [0.25, 0.3) is 10.9 Å². The predicted molar refractivity (Wildman–Crippen MR) is 139 cm³/mol. The van der Waals surface area contributed by atoms with Crippen molar-refractivity contribution in [1.29, 1.82) is 0 Å². The largest absolute Gasteiger partial charge is 0.497 e. The Morgan fingerprint density at radius 2 is 2.11 bits per heavy atom. The molecule has 0 bridgehead atoms. The van der Waals surface area contributed by atoms with Gasteiger partial charge in [-0.2, -0.15) is 0 Å². The van der Waals surface area contributed by atoms with Crippen molar-refractivity contribution < 1.29 is 19.7 Å². The van der Waals surface area contributed by atoms with Gasteiger partial charge in [-0.1, -0.05) is 17.9 Å². The van der Waals surface area contributed by atoms with Crippen molar-refractivity contribution in [3.05, 3.63) is 57.9 Å². The zero-order valence-corrected chi connectivity index (χ0v) is 21.1. The van der Waals surface area contributed by atoms with E-state index in [4.69, 9.17) is 4.74 Å². The maximum absolute atomic E-state index is 11.8. The molecular formula is C28H32N2O4S. The van der Waals surface area contributed by atoms with Gasteiger partial charge in [0.05, 0.1) is 36.6 Å². The maximum Gasteiger partial charge on any atom is 0.303 e. The van der Waals surface area contributed by atoms with E-state index in [1.54, 1.807) is 24.6 Å². The summed E-state index contributed by atoms with van der Waals surface area (Å²) >= 11 is 1.64. The van der Waals surface area contributed by atoms with E-state index in [9.17, 15) is 15.0 Å². The number of carboxylic acids is 1. The van der Waals surface area contributed by atoms with Crippen LogP contribution in [0, 0.1) is 24.2 Å². The van der Waals surface area contributed by atoms with Crippen molar-refractivity contribution >= 4 is 28.2 Å². The number of aryl methyl sites for hydroxylation is 1. The lowest BCUT2D eigenvalue weighted by atomic mass is 9.71. The van der Waals surface area contributed by atoms with E-state index in [0.29, 0.717) is 19.4 Å². The number of aromatic nitrogens is 1. The second kappa shape index (κ2) is 11.2. The van der Waals surface area contributed by atoms with Gasteiger partial charge >= 0.3 is 5.97 Å². The zero-order valence-electron chi connectivity index (χ0n) is 20.3. The van der Waals surface area contributed by atoms with Gasteiger partial charge in [-0.05, 0) is 91.9 Å². The van der Waals surface area contributed by atoms with E-state index in [2.05, 4.69) is 21.7 Å². The molecule has 1 aromatic carbocycles. The molecule has 3 heterocycles. The highest BCUT2D eigenvalue weighted by molar-refractivity contribution is 7.10. The van der Waals surface area contributed by atoms with Crippen molar-refractivity contribution in [2.75, 3.05) is 26.7 Å². The van der Waals surface area contributed by atoms with Crippen LogP contribution in [0.4, 0.5) is 0 Å². The van der Waals surface area contributed by atoms with Gasteiger partial charge < -0.3 is 14.9 Å². The Hall–Kier alpha value is -2.92. The van der Waals surface area contributed by atoms with Gasteiger partial charge in [0.15, 0.2) is 0 Å². The number of carbonyl (C=O) groups is 1. The van der Waals surface area contributed by atoms with E-state index in [0.717, 1.165) is 58.6 Å². The van der Waals surface area contributed by atoms with Crippen molar-refractivity contribution in [2.24, 2.45) is 5.41 Å². The van der Waals surface area contributed by atoms with E-state index < -0.39 is 12.1 Å². The quantitative estimate of drug-likeness (QED) is 0.429. The molecular weight excluding hydrogens is 460 g/mol. The summed E-state index contributed by atoms with van der Waals surface area (Å²) in [5.41, 5.74) is 2.26. The number of hydrogen-bond donors (Lipinski definition) is 2. The van der Waals surface area contributed by atoms with Crippen molar-refractivity contribution in [3.63, 3.8) is 0 Å². The number of aliphatic carboxylic acids is 1. The Balaban J connectivity index is 1.44. The van der Waals surface area contributed by atoms with Gasteiger partial charge in [-0.25, -0.2) is 0 Å². The summed E-state index contributed by atoms with van der Waals surface area (Å²) < 4.78 is 5.38. The van der Waals surface area contributed by atoms with Crippen LogP contribution in [0.15, 0.2) is 41.9 Å². The molecule has 1 aliphatic heterocycles. The standard InChI is InChI=1S/C28H32N2O4S/c1-20-19-29-24-8-7-21(34-2)17-23(24)27(20)25(31)9-10-28(18-26(32)33)11-14-30(15-12-28)13-3-5-22-6-4-16-35-22/h4,6-8,16-17,19,25,31H,9-15,18H2,1-2H3,(H,32,33)/t25-/m0/s1. The summed E-state index contributed by atoms with van der Waals surface area (Å²) in [5.74, 6) is 6.38. The molecule has 2 N–H and O–H groups in total. The van der Waals surface area contributed by atoms with Gasteiger partial charge in [0.1, 0.15) is 5.75 Å². The number of pyridine rings is 1.